The van der Waals surface area contributed by atoms with Crippen molar-refractivity contribution in [3.05, 3.63) is 82.7 Å². The highest BCUT2D eigenvalue weighted by molar-refractivity contribution is 7.98. The molecule has 0 aliphatic heterocycles. The molecule has 2 aromatic heterocycles. The highest BCUT2D eigenvalue weighted by Crippen LogP contribution is 2.25. The summed E-state index contributed by atoms with van der Waals surface area (Å²) in [6, 6.07) is 16.0. The minimum Gasteiger partial charge on any atom is -0.285 e. The van der Waals surface area contributed by atoms with Crippen LogP contribution in [0.5, 0.6) is 0 Å². The van der Waals surface area contributed by atoms with Crippen LogP contribution in [-0.2, 0) is 5.75 Å². The smallest absolute Gasteiger partial charge is 0.285 e. The van der Waals surface area contributed by atoms with Gasteiger partial charge in [0, 0.05) is 11.3 Å². The predicted molar refractivity (Wildman–Crippen MR) is 95.0 cm³/mol. The second kappa shape index (κ2) is 6.52. The maximum Gasteiger partial charge on any atom is 0.350 e. The Morgan fingerprint density at radius 1 is 1.08 bits per heavy atom. The summed E-state index contributed by atoms with van der Waals surface area (Å²) >= 11 is 1.44. The summed E-state index contributed by atoms with van der Waals surface area (Å²) in [6.07, 6.45) is 1.57. The van der Waals surface area contributed by atoms with Crippen molar-refractivity contribution in [1.82, 2.24) is 19.6 Å². The zero-order valence-electron chi connectivity index (χ0n) is 13.0. The molecule has 0 unspecified atom stereocenters. The normalized spacial score (nSPS) is 11.1. The molecule has 2 aromatic carbocycles. The first-order chi connectivity index (χ1) is 12.2. The zero-order valence-corrected chi connectivity index (χ0v) is 13.8. The number of aromatic nitrogens is 4. The van der Waals surface area contributed by atoms with Crippen LogP contribution in [0, 0.1) is 5.82 Å². The fraction of sp³-hybridized carbons (Fsp3) is 0.0556. The number of nitrogens with zero attached hydrogens (tertiary/aromatic N) is 3. The molecule has 5 nitrogen and oxygen atoms in total. The summed E-state index contributed by atoms with van der Waals surface area (Å²) in [5.41, 5.74) is 2.68. The molecule has 4 aromatic rings. The van der Waals surface area contributed by atoms with Crippen LogP contribution in [0.25, 0.3) is 16.8 Å². The lowest BCUT2D eigenvalue weighted by atomic mass is 10.1. The summed E-state index contributed by atoms with van der Waals surface area (Å²) in [4.78, 5) is 19.5. The number of benzene rings is 2. The van der Waals surface area contributed by atoms with Crippen LogP contribution >= 0.6 is 11.8 Å². The first-order valence-electron chi connectivity index (χ1n) is 7.61. The van der Waals surface area contributed by atoms with E-state index >= 15 is 0 Å². The van der Waals surface area contributed by atoms with E-state index in [9.17, 15) is 9.18 Å². The van der Waals surface area contributed by atoms with Crippen LogP contribution in [0.1, 0.15) is 5.56 Å². The first kappa shape index (κ1) is 15.6. The molecule has 0 aliphatic carbocycles. The summed E-state index contributed by atoms with van der Waals surface area (Å²) < 4.78 is 14.4. The largest absolute Gasteiger partial charge is 0.350 e. The maximum atomic E-state index is 13.1. The van der Waals surface area contributed by atoms with Crippen molar-refractivity contribution in [3.8, 4) is 11.1 Å². The molecule has 0 fully saturated rings. The van der Waals surface area contributed by atoms with Gasteiger partial charge in [-0.1, -0.05) is 54.2 Å². The van der Waals surface area contributed by atoms with Gasteiger partial charge < -0.3 is 0 Å². The number of rotatable bonds is 4. The van der Waals surface area contributed by atoms with Crippen LogP contribution in [0.4, 0.5) is 4.39 Å². The third-order valence-corrected chi connectivity index (χ3v) is 4.68. The van der Waals surface area contributed by atoms with Gasteiger partial charge in [-0.2, -0.15) is 9.61 Å². The fourth-order valence-corrected chi connectivity index (χ4v) is 3.30. The van der Waals surface area contributed by atoms with E-state index in [4.69, 9.17) is 0 Å². The van der Waals surface area contributed by atoms with Crippen LogP contribution < -0.4 is 5.69 Å². The molecular weight excluding hydrogens is 339 g/mol. The quantitative estimate of drug-likeness (QED) is 0.571. The van der Waals surface area contributed by atoms with Gasteiger partial charge in [0.2, 0.25) is 0 Å². The monoisotopic (exact) mass is 352 g/mol. The number of hydrogen-bond acceptors (Lipinski definition) is 4. The molecule has 0 saturated carbocycles. The Hall–Kier alpha value is -2.93. The molecule has 0 amide bonds. The van der Waals surface area contributed by atoms with Gasteiger partial charge in [-0.25, -0.2) is 14.2 Å². The lowest BCUT2D eigenvalue weighted by Crippen LogP contribution is -2.19. The number of fused-ring (bicyclic) bond motifs is 1. The molecule has 25 heavy (non-hydrogen) atoms. The average Bonchev–Trinajstić information content (AvgIpc) is 3.06. The Balaban J connectivity index is 1.71. The van der Waals surface area contributed by atoms with Gasteiger partial charge in [0.25, 0.3) is 0 Å². The molecule has 124 valence electrons. The molecule has 0 atom stereocenters. The van der Waals surface area contributed by atoms with Crippen LogP contribution in [-0.4, -0.2) is 19.6 Å². The maximum absolute atomic E-state index is 13.1. The van der Waals surface area contributed by atoms with E-state index < -0.39 is 0 Å². The Morgan fingerprint density at radius 2 is 1.84 bits per heavy atom. The van der Waals surface area contributed by atoms with E-state index in [-0.39, 0.29) is 11.5 Å². The number of thioether (sulfide) groups is 1. The van der Waals surface area contributed by atoms with Crippen LogP contribution in [0.2, 0.25) is 0 Å². The lowest BCUT2D eigenvalue weighted by Gasteiger charge is -2.03. The molecule has 2 heterocycles. The molecule has 1 N–H and O–H groups in total. The van der Waals surface area contributed by atoms with Gasteiger partial charge >= 0.3 is 5.69 Å². The molecule has 4 rings (SSSR count). The van der Waals surface area contributed by atoms with Crippen molar-refractivity contribution >= 4 is 17.4 Å². The lowest BCUT2D eigenvalue weighted by molar-refractivity contribution is 0.628. The van der Waals surface area contributed by atoms with Crippen molar-refractivity contribution in [2.45, 2.75) is 10.9 Å². The van der Waals surface area contributed by atoms with Crippen molar-refractivity contribution in [2.75, 3.05) is 0 Å². The third kappa shape index (κ3) is 3.18. The standard InChI is InChI=1S/C18H13FN4OS/c19-14-8-6-13(7-9-14)15-10-20-23-16(15)21-17(22-18(23)24)25-11-12-4-2-1-3-5-12/h1-10H,11H2,(H,21,22,24). The van der Waals surface area contributed by atoms with Crippen molar-refractivity contribution in [2.24, 2.45) is 0 Å². The number of H-pyrrole nitrogens is 1. The highest BCUT2D eigenvalue weighted by Gasteiger charge is 2.12. The molecule has 0 radical (unpaired) electrons. The Morgan fingerprint density at radius 3 is 2.60 bits per heavy atom. The number of halogens is 1. The summed E-state index contributed by atoms with van der Waals surface area (Å²) in [7, 11) is 0. The van der Waals surface area contributed by atoms with Gasteiger partial charge in [-0.3, -0.25) is 4.98 Å². The minimum absolute atomic E-state index is 0.315. The SMILES string of the molecule is O=c1[nH]c(SCc2ccccc2)nc2c(-c3ccc(F)cc3)cnn12. The van der Waals surface area contributed by atoms with E-state index in [1.807, 2.05) is 30.3 Å². The van der Waals surface area contributed by atoms with E-state index in [1.165, 1.54) is 28.4 Å². The van der Waals surface area contributed by atoms with Gasteiger partial charge in [0.15, 0.2) is 10.8 Å². The predicted octanol–water partition coefficient (Wildman–Crippen LogP) is 3.52. The van der Waals surface area contributed by atoms with Crippen molar-refractivity contribution < 1.29 is 4.39 Å². The molecule has 0 aliphatic rings. The van der Waals surface area contributed by atoms with Crippen LogP contribution in [0.15, 0.2) is 70.7 Å². The van der Waals surface area contributed by atoms with E-state index in [0.29, 0.717) is 22.1 Å². The molecular formula is C18H13FN4OS. The third-order valence-electron chi connectivity index (χ3n) is 3.73. The van der Waals surface area contributed by atoms with Gasteiger partial charge in [0.05, 0.1) is 6.20 Å². The fourth-order valence-electron chi connectivity index (χ4n) is 2.49. The summed E-state index contributed by atoms with van der Waals surface area (Å²) in [6.45, 7) is 0. The average molecular weight is 352 g/mol. The minimum atomic E-state index is -0.353. The zero-order chi connectivity index (χ0) is 17.2. The summed E-state index contributed by atoms with van der Waals surface area (Å²) in [5.74, 6) is 0.380. The first-order valence-corrected chi connectivity index (χ1v) is 8.60. The van der Waals surface area contributed by atoms with E-state index in [0.717, 1.165) is 11.1 Å². The van der Waals surface area contributed by atoms with E-state index in [2.05, 4.69) is 15.1 Å². The Kier molecular flexibility index (Phi) is 4.07. The number of hydrogen-bond donors (Lipinski definition) is 1. The summed E-state index contributed by atoms with van der Waals surface area (Å²) in [5, 5.41) is 4.60. The number of nitrogens with one attached hydrogen (secondary N) is 1. The molecule has 7 heteroatoms. The second-order valence-corrected chi connectivity index (χ2v) is 6.39. The molecule has 0 saturated heterocycles. The van der Waals surface area contributed by atoms with Gasteiger partial charge in [-0.05, 0) is 23.3 Å². The van der Waals surface area contributed by atoms with E-state index in [1.54, 1.807) is 18.3 Å². The topological polar surface area (TPSA) is 63.0 Å². The second-order valence-electron chi connectivity index (χ2n) is 5.42. The number of aromatic amines is 1. The Bertz CT molecular complexity index is 1070. The van der Waals surface area contributed by atoms with Crippen molar-refractivity contribution in [3.63, 3.8) is 0 Å². The van der Waals surface area contributed by atoms with Crippen molar-refractivity contribution in [1.29, 1.82) is 0 Å². The van der Waals surface area contributed by atoms with Crippen LogP contribution in [0.3, 0.4) is 0 Å². The molecule has 0 bridgehead atoms. The molecule has 0 spiro atoms. The highest BCUT2D eigenvalue weighted by atomic mass is 32.2. The van der Waals surface area contributed by atoms with Gasteiger partial charge in [0.1, 0.15) is 5.82 Å². The Labute approximate surface area is 146 Å². The van der Waals surface area contributed by atoms with Gasteiger partial charge in [-0.15, -0.1) is 0 Å².